The Balaban J connectivity index is 2.28. The monoisotopic (exact) mass is 243 g/mol. The van der Waals surface area contributed by atoms with E-state index in [4.69, 9.17) is 0 Å². The predicted octanol–water partition coefficient (Wildman–Crippen LogP) is 0.810. The SMILES string of the molecule is CS(=O)(=O)CCC(O)CCc1cccnc1. The van der Waals surface area contributed by atoms with Crippen molar-refractivity contribution >= 4 is 9.84 Å². The van der Waals surface area contributed by atoms with Gasteiger partial charge in [-0.25, -0.2) is 8.42 Å². The number of aromatic nitrogens is 1. The van der Waals surface area contributed by atoms with Crippen LogP contribution in [0.1, 0.15) is 18.4 Å². The van der Waals surface area contributed by atoms with E-state index in [2.05, 4.69) is 4.98 Å². The van der Waals surface area contributed by atoms with Crippen molar-refractivity contribution in [1.82, 2.24) is 4.98 Å². The van der Waals surface area contributed by atoms with E-state index in [9.17, 15) is 13.5 Å². The van der Waals surface area contributed by atoms with Crippen LogP contribution >= 0.6 is 0 Å². The molecule has 1 unspecified atom stereocenters. The van der Waals surface area contributed by atoms with Gasteiger partial charge in [0, 0.05) is 18.6 Å². The molecule has 0 bridgehead atoms. The third kappa shape index (κ3) is 5.82. The van der Waals surface area contributed by atoms with Gasteiger partial charge in [0.15, 0.2) is 0 Å². The van der Waals surface area contributed by atoms with Crippen molar-refractivity contribution in [2.45, 2.75) is 25.4 Å². The van der Waals surface area contributed by atoms with E-state index >= 15 is 0 Å². The molecule has 1 aromatic heterocycles. The van der Waals surface area contributed by atoms with Gasteiger partial charge >= 0.3 is 0 Å². The summed E-state index contributed by atoms with van der Waals surface area (Å²) in [4.78, 5) is 3.97. The maximum absolute atomic E-state index is 10.9. The van der Waals surface area contributed by atoms with E-state index in [1.807, 2.05) is 12.1 Å². The van der Waals surface area contributed by atoms with Crippen molar-refractivity contribution in [3.8, 4) is 0 Å². The highest BCUT2D eigenvalue weighted by Gasteiger charge is 2.09. The lowest BCUT2D eigenvalue weighted by molar-refractivity contribution is 0.161. The van der Waals surface area contributed by atoms with Crippen molar-refractivity contribution in [1.29, 1.82) is 0 Å². The van der Waals surface area contributed by atoms with Gasteiger partial charge in [-0.2, -0.15) is 0 Å². The van der Waals surface area contributed by atoms with Gasteiger partial charge in [0.25, 0.3) is 0 Å². The summed E-state index contributed by atoms with van der Waals surface area (Å²) in [5, 5.41) is 9.59. The quantitative estimate of drug-likeness (QED) is 0.803. The predicted molar refractivity (Wildman–Crippen MR) is 62.9 cm³/mol. The Labute approximate surface area is 96.3 Å². The van der Waals surface area contributed by atoms with Crippen LogP contribution < -0.4 is 0 Å². The zero-order valence-electron chi connectivity index (χ0n) is 9.33. The van der Waals surface area contributed by atoms with E-state index < -0.39 is 15.9 Å². The summed E-state index contributed by atoms with van der Waals surface area (Å²) in [6.07, 6.45) is 5.67. The van der Waals surface area contributed by atoms with Crippen LogP contribution in [-0.2, 0) is 16.3 Å². The first-order valence-corrected chi connectivity index (χ1v) is 7.28. The van der Waals surface area contributed by atoms with Gasteiger partial charge in [0.2, 0.25) is 0 Å². The number of aliphatic hydroxyl groups is 1. The Morgan fingerprint density at radius 3 is 2.75 bits per heavy atom. The zero-order chi connectivity index (χ0) is 12.0. The molecule has 0 amide bonds. The molecule has 0 aliphatic rings. The largest absolute Gasteiger partial charge is 0.393 e. The number of sulfone groups is 1. The fraction of sp³-hybridized carbons (Fsp3) is 0.545. The molecule has 1 aromatic rings. The highest BCUT2D eigenvalue weighted by molar-refractivity contribution is 7.90. The van der Waals surface area contributed by atoms with Crippen LogP contribution in [0, 0.1) is 0 Å². The molecular formula is C11H17NO3S. The molecule has 0 aliphatic heterocycles. The summed E-state index contributed by atoms with van der Waals surface area (Å²) in [5.41, 5.74) is 1.06. The maximum atomic E-state index is 10.9. The molecular weight excluding hydrogens is 226 g/mol. The van der Waals surface area contributed by atoms with Crippen LogP contribution in [0.25, 0.3) is 0 Å². The summed E-state index contributed by atoms with van der Waals surface area (Å²) < 4.78 is 21.8. The Morgan fingerprint density at radius 2 is 2.19 bits per heavy atom. The van der Waals surface area contributed by atoms with E-state index in [1.165, 1.54) is 6.26 Å². The van der Waals surface area contributed by atoms with Crippen molar-refractivity contribution < 1.29 is 13.5 Å². The average molecular weight is 243 g/mol. The van der Waals surface area contributed by atoms with Crippen LogP contribution in [0.5, 0.6) is 0 Å². The minimum Gasteiger partial charge on any atom is -0.393 e. The Morgan fingerprint density at radius 1 is 1.44 bits per heavy atom. The van der Waals surface area contributed by atoms with Crippen molar-refractivity contribution in [2.75, 3.05) is 12.0 Å². The van der Waals surface area contributed by atoms with Crippen molar-refractivity contribution in [3.05, 3.63) is 30.1 Å². The fourth-order valence-electron chi connectivity index (χ4n) is 1.37. The Hall–Kier alpha value is -0.940. The van der Waals surface area contributed by atoms with Crippen LogP contribution in [0.4, 0.5) is 0 Å². The van der Waals surface area contributed by atoms with Crippen molar-refractivity contribution in [2.24, 2.45) is 0 Å². The molecule has 1 atom stereocenters. The molecule has 0 spiro atoms. The molecule has 0 fully saturated rings. The minimum atomic E-state index is -2.97. The third-order valence-corrected chi connectivity index (χ3v) is 3.29. The third-order valence-electron chi connectivity index (χ3n) is 2.31. The molecule has 0 saturated carbocycles. The van der Waals surface area contributed by atoms with Crippen LogP contribution in [-0.4, -0.2) is 36.6 Å². The number of aliphatic hydroxyl groups excluding tert-OH is 1. The van der Waals surface area contributed by atoms with Gasteiger partial charge in [-0.3, -0.25) is 4.98 Å². The van der Waals surface area contributed by atoms with Crippen molar-refractivity contribution in [3.63, 3.8) is 0 Å². The van der Waals surface area contributed by atoms with E-state index in [1.54, 1.807) is 12.4 Å². The van der Waals surface area contributed by atoms with E-state index in [0.29, 0.717) is 12.8 Å². The normalized spacial score (nSPS) is 13.6. The Kier molecular flexibility index (Phi) is 4.89. The Bertz CT molecular complexity index is 402. The van der Waals surface area contributed by atoms with Gasteiger partial charge in [-0.15, -0.1) is 0 Å². The molecule has 5 heteroatoms. The first-order chi connectivity index (χ1) is 7.47. The lowest BCUT2D eigenvalue weighted by Crippen LogP contribution is -2.14. The number of aryl methyl sites for hydroxylation is 1. The molecule has 0 saturated heterocycles. The molecule has 90 valence electrons. The average Bonchev–Trinajstić information content (AvgIpc) is 2.24. The lowest BCUT2D eigenvalue weighted by Gasteiger charge is -2.09. The molecule has 16 heavy (non-hydrogen) atoms. The number of pyridine rings is 1. The molecule has 1 N–H and O–H groups in total. The van der Waals surface area contributed by atoms with Crippen LogP contribution in [0.2, 0.25) is 0 Å². The molecule has 4 nitrogen and oxygen atoms in total. The van der Waals surface area contributed by atoms with Crippen LogP contribution in [0.3, 0.4) is 0 Å². The van der Waals surface area contributed by atoms with E-state index in [0.717, 1.165) is 12.0 Å². The van der Waals surface area contributed by atoms with Crippen LogP contribution in [0.15, 0.2) is 24.5 Å². The smallest absolute Gasteiger partial charge is 0.147 e. The zero-order valence-corrected chi connectivity index (χ0v) is 10.2. The number of rotatable bonds is 6. The summed E-state index contributed by atoms with van der Waals surface area (Å²) in [5.74, 6) is 0.0429. The molecule has 0 aliphatic carbocycles. The molecule has 0 radical (unpaired) electrons. The first-order valence-electron chi connectivity index (χ1n) is 5.22. The molecule has 1 rings (SSSR count). The van der Waals surface area contributed by atoms with Gasteiger partial charge in [-0.05, 0) is 30.9 Å². The molecule has 1 heterocycles. The molecule has 0 aromatic carbocycles. The first kappa shape index (κ1) is 13.1. The fourth-order valence-corrected chi connectivity index (χ4v) is 2.07. The minimum absolute atomic E-state index is 0.0429. The van der Waals surface area contributed by atoms with Gasteiger partial charge in [0.1, 0.15) is 9.84 Å². The second-order valence-corrected chi connectivity index (χ2v) is 6.23. The second-order valence-electron chi connectivity index (χ2n) is 3.97. The van der Waals surface area contributed by atoms with Gasteiger partial charge < -0.3 is 5.11 Å². The summed E-state index contributed by atoms with van der Waals surface area (Å²) >= 11 is 0. The lowest BCUT2D eigenvalue weighted by atomic mass is 10.1. The number of hydrogen-bond acceptors (Lipinski definition) is 4. The summed E-state index contributed by atoms with van der Waals surface area (Å²) in [6, 6.07) is 3.79. The summed E-state index contributed by atoms with van der Waals surface area (Å²) in [7, 11) is -2.97. The van der Waals surface area contributed by atoms with Gasteiger partial charge in [-0.1, -0.05) is 6.07 Å². The van der Waals surface area contributed by atoms with Gasteiger partial charge in [0.05, 0.1) is 11.9 Å². The standard InChI is InChI=1S/C11H17NO3S/c1-16(14,15)8-6-11(13)5-4-10-3-2-7-12-9-10/h2-3,7,9,11,13H,4-6,8H2,1H3. The summed E-state index contributed by atoms with van der Waals surface area (Å²) in [6.45, 7) is 0. The topological polar surface area (TPSA) is 67.3 Å². The number of hydrogen-bond donors (Lipinski definition) is 1. The van der Waals surface area contributed by atoms with E-state index in [-0.39, 0.29) is 5.75 Å². The highest BCUT2D eigenvalue weighted by Crippen LogP contribution is 2.06. The second kappa shape index (κ2) is 5.96. The number of nitrogens with zero attached hydrogens (tertiary/aromatic N) is 1. The maximum Gasteiger partial charge on any atom is 0.147 e. The highest BCUT2D eigenvalue weighted by atomic mass is 32.2.